The molecule has 0 bridgehead atoms. The van der Waals surface area contributed by atoms with Crippen molar-refractivity contribution in [3.63, 3.8) is 0 Å². The van der Waals surface area contributed by atoms with Crippen molar-refractivity contribution < 1.29 is 4.42 Å². The van der Waals surface area contributed by atoms with Gasteiger partial charge in [-0.2, -0.15) is 0 Å². The Morgan fingerprint density at radius 2 is 0.857 bits per heavy atom. The van der Waals surface area contributed by atoms with E-state index in [0.717, 1.165) is 72.2 Å². The maximum absolute atomic E-state index is 7.17. The van der Waals surface area contributed by atoms with Crippen LogP contribution in [0.5, 0.6) is 0 Å². The molecule has 5 heterocycles. The summed E-state index contributed by atoms with van der Waals surface area (Å²) < 4.78 is 14.6. The summed E-state index contributed by atoms with van der Waals surface area (Å²) in [6, 6.07) is 79.2. The number of furan rings is 1. The van der Waals surface area contributed by atoms with Gasteiger partial charge < -0.3 is 13.6 Å². The third kappa shape index (κ3) is 5.70. The Morgan fingerprint density at radius 1 is 0.357 bits per heavy atom. The summed E-state index contributed by atoms with van der Waals surface area (Å²) in [4.78, 5) is 15.7. The first-order valence-corrected chi connectivity index (χ1v) is 24.3. The van der Waals surface area contributed by atoms with Crippen LogP contribution in [-0.4, -0.2) is 24.1 Å². The van der Waals surface area contributed by atoms with Crippen molar-refractivity contribution in [3.8, 4) is 56.7 Å². The molecule has 0 spiro atoms. The van der Waals surface area contributed by atoms with Gasteiger partial charge in [-0.05, 0) is 59.7 Å². The highest BCUT2D eigenvalue weighted by Gasteiger charge is 2.29. The van der Waals surface area contributed by atoms with Gasteiger partial charge in [0.2, 0.25) is 0 Å². The summed E-state index contributed by atoms with van der Waals surface area (Å²) in [6.07, 6.45) is 0. The minimum absolute atomic E-state index is 0.571. The first kappa shape index (κ1) is 38.9. The molecule has 0 aliphatic carbocycles. The van der Waals surface area contributed by atoms with E-state index < -0.39 is 0 Å². The SMILES string of the molecule is c1ccc(-c2ccc(-c3nc(-c4ccccc4)nc(-c4ccc(-n5c6ccccc6c6c7c(c8ccccc8n7-c7ccccc7)c7sc8ccccc8c7c65)c5oc6ccccc6c45)n3)cc2)cc1. The Labute approximate surface area is 404 Å². The molecule has 0 aliphatic heterocycles. The van der Waals surface area contributed by atoms with Crippen molar-refractivity contribution in [2.45, 2.75) is 0 Å². The summed E-state index contributed by atoms with van der Waals surface area (Å²) in [5, 5.41) is 9.27. The molecule has 7 heteroatoms. The molecule has 10 aromatic carbocycles. The van der Waals surface area contributed by atoms with Gasteiger partial charge in [-0.1, -0.05) is 176 Å². The van der Waals surface area contributed by atoms with Crippen LogP contribution < -0.4 is 0 Å². The molecular formula is C63H37N5OS. The van der Waals surface area contributed by atoms with Crippen molar-refractivity contribution >= 4 is 97.1 Å². The van der Waals surface area contributed by atoms with Crippen molar-refractivity contribution in [3.05, 3.63) is 224 Å². The zero-order chi connectivity index (χ0) is 45.9. The van der Waals surface area contributed by atoms with Crippen LogP contribution in [0.25, 0.3) is 142 Å². The van der Waals surface area contributed by atoms with Gasteiger partial charge >= 0.3 is 0 Å². The Hall–Kier alpha value is -9.17. The lowest BCUT2D eigenvalue weighted by atomic mass is 10.0. The lowest BCUT2D eigenvalue weighted by Gasteiger charge is -2.14. The Morgan fingerprint density at radius 3 is 1.59 bits per heavy atom. The number of nitrogens with zero attached hydrogens (tertiary/aromatic N) is 5. The highest BCUT2D eigenvalue weighted by molar-refractivity contribution is 7.27. The second-order valence-corrected chi connectivity index (χ2v) is 18.9. The molecule has 0 radical (unpaired) electrons. The van der Waals surface area contributed by atoms with Crippen molar-refractivity contribution in [1.82, 2.24) is 24.1 Å². The van der Waals surface area contributed by atoms with Crippen LogP contribution in [-0.2, 0) is 0 Å². The van der Waals surface area contributed by atoms with Gasteiger partial charge in [0.05, 0.1) is 27.8 Å². The monoisotopic (exact) mass is 911 g/mol. The molecule has 15 aromatic rings. The molecule has 15 rings (SSSR count). The van der Waals surface area contributed by atoms with E-state index in [0.29, 0.717) is 17.5 Å². The van der Waals surface area contributed by atoms with Crippen LogP contribution in [0.2, 0.25) is 0 Å². The predicted octanol–water partition coefficient (Wildman–Crippen LogP) is 17.0. The maximum Gasteiger partial charge on any atom is 0.164 e. The number of thiophene rings is 1. The highest BCUT2D eigenvalue weighted by Crippen LogP contribution is 2.52. The summed E-state index contributed by atoms with van der Waals surface area (Å²) in [5.41, 5.74) is 13.2. The molecule has 0 fully saturated rings. The smallest absolute Gasteiger partial charge is 0.164 e. The minimum Gasteiger partial charge on any atom is -0.454 e. The molecule has 5 aromatic heterocycles. The number of rotatable bonds is 6. The zero-order valence-corrected chi connectivity index (χ0v) is 38.2. The molecule has 6 nitrogen and oxygen atoms in total. The fraction of sp³-hybridized carbons (Fsp3) is 0. The summed E-state index contributed by atoms with van der Waals surface area (Å²) in [7, 11) is 0. The fourth-order valence-corrected chi connectivity index (χ4v) is 12.2. The van der Waals surface area contributed by atoms with Crippen LogP contribution in [0.1, 0.15) is 0 Å². The summed E-state index contributed by atoms with van der Waals surface area (Å²) in [6.45, 7) is 0. The molecule has 0 N–H and O–H groups in total. The van der Waals surface area contributed by atoms with Gasteiger partial charge in [0.25, 0.3) is 0 Å². The second kappa shape index (κ2) is 15.2. The van der Waals surface area contributed by atoms with Crippen LogP contribution in [0, 0.1) is 0 Å². The molecule has 70 heavy (non-hydrogen) atoms. The molecule has 0 unspecified atom stereocenters. The van der Waals surface area contributed by atoms with E-state index in [4.69, 9.17) is 19.4 Å². The van der Waals surface area contributed by atoms with E-state index >= 15 is 0 Å². The molecule has 326 valence electrons. The molecule has 0 amide bonds. The fourth-order valence-electron chi connectivity index (χ4n) is 10.9. The Bertz CT molecular complexity index is 4570. The van der Waals surface area contributed by atoms with E-state index in [1.54, 1.807) is 0 Å². The molecule has 0 saturated carbocycles. The van der Waals surface area contributed by atoms with Gasteiger partial charge in [0.1, 0.15) is 5.58 Å². The van der Waals surface area contributed by atoms with E-state index in [-0.39, 0.29) is 0 Å². The molecule has 0 atom stereocenters. The number of benzene rings is 10. The third-order valence-corrected chi connectivity index (χ3v) is 15.2. The molecule has 0 aliphatic rings. The number of aromatic nitrogens is 5. The second-order valence-electron chi connectivity index (χ2n) is 17.8. The molecular weight excluding hydrogens is 875 g/mol. The lowest BCUT2D eigenvalue weighted by Crippen LogP contribution is -2.01. The van der Waals surface area contributed by atoms with Gasteiger partial charge in [-0.25, -0.2) is 15.0 Å². The van der Waals surface area contributed by atoms with E-state index in [1.807, 2.05) is 41.7 Å². The van der Waals surface area contributed by atoms with Crippen molar-refractivity contribution in [2.75, 3.05) is 0 Å². The maximum atomic E-state index is 7.17. The zero-order valence-electron chi connectivity index (χ0n) is 37.4. The number of hydrogen-bond acceptors (Lipinski definition) is 5. The first-order chi connectivity index (χ1) is 34.7. The number of fused-ring (bicyclic) bond motifs is 15. The van der Waals surface area contributed by atoms with Gasteiger partial charge in [-0.3, -0.25) is 0 Å². The van der Waals surface area contributed by atoms with E-state index in [9.17, 15) is 0 Å². The van der Waals surface area contributed by atoms with Gasteiger partial charge in [0, 0.05) is 74.9 Å². The number of para-hydroxylation sites is 4. The average Bonchev–Trinajstić information content (AvgIpc) is 4.20. The van der Waals surface area contributed by atoms with Crippen LogP contribution >= 0.6 is 11.3 Å². The Balaban J connectivity index is 1.06. The lowest BCUT2D eigenvalue weighted by molar-refractivity contribution is 0.666. The summed E-state index contributed by atoms with van der Waals surface area (Å²) >= 11 is 1.88. The summed E-state index contributed by atoms with van der Waals surface area (Å²) in [5.74, 6) is 1.77. The van der Waals surface area contributed by atoms with Gasteiger partial charge in [0.15, 0.2) is 23.1 Å². The van der Waals surface area contributed by atoms with Crippen LogP contribution in [0.4, 0.5) is 0 Å². The quantitative estimate of drug-likeness (QED) is 0.167. The largest absolute Gasteiger partial charge is 0.454 e. The average molecular weight is 912 g/mol. The normalized spacial score (nSPS) is 12.0. The minimum atomic E-state index is 0.571. The third-order valence-electron chi connectivity index (χ3n) is 14.0. The van der Waals surface area contributed by atoms with Gasteiger partial charge in [-0.15, -0.1) is 11.3 Å². The van der Waals surface area contributed by atoms with E-state index in [1.165, 1.54) is 52.8 Å². The first-order valence-electron chi connectivity index (χ1n) is 23.5. The molecule has 0 saturated heterocycles. The topological polar surface area (TPSA) is 61.7 Å². The highest BCUT2D eigenvalue weighted by atomic mass is 32.1. The van der Waals surface area contributed by atoms with Crippen LogP contribution in [0.3, 0.4) is 0 Å². The van der Waals surface area contributed by atoms with Crippen molar-refractivity contribution in [2.24, 2.45) is 0 Å². The van der Waals surface area contributed by atoms with Crippen molar-refractivity contribution in [1.29, 1.82) is 0 Å². The van der Waals surface area contributed by atoms with E-state index in [2.05, 4.69) is 203 Å². The standard InChI is InChI=1S/C63H37N5OS/c1-4-18-38(19-5-1)39-32-34-41(35-33-39)62-64-61(40-20-6-2-7-21-40)65-63(66-62)47-36-37-50(59-53(47)45-26-12-16-30-51(45)69-59)68-49-29-15-10-24-43(49)54-57-55(60-56(58(54)68)46-27-13-17-31-52(46)70-60)44-25-11-14-28-48(44)67(57)42-22-8-3-9-23-42/h1-37H. The van der Waals surface area contributed by atoms with Crippen LogP contribution in [0.15, 0.2) is 229 Å². The predicted molar refractivity (Wildman–Crippen MR) is 290 cm³/mol. The Kier molecular flexibility index (Phi) is 8.43. The number of hydrogen-bond donors (Lipinski definition) is 0.